The summed E-state index contributed by atoms with van der Waals surface area (Å²) >= 11 is 0. The predicted molar refractivity (Wildman–Crippen MR) is 106 cm³/mol. The lowest BCUT2D eigenvalue weighted by molar-refractivity contribution is 0.100. The summed E-state index contributed by atoms with van der Waals surface area (Å²) in [5.41, 5.74) is 7.34. The van der Waals surface area contributed by atoms with Crippen LogP contribution in [0, 0.1) is 0 Å². The molecule has 0 radical (unpaired) electrons. The maximum atomic E-state index is 12.1. The van der Waals surface area contributed by atoms with Crippen molar-refractivity contribution in [1.82, 2.24) is 19.7 Å². The van der Waals surface area contributed by atoms with Gasteiger partial charge < -0.3 is 11.1 Å². The van der Waals surface area contributed by atoms with E-state index in [1.54, 1.807) is 38.2 Å². The fourth-order valence-electron chi connectivity index (χ4n) is 2.61. The molecule has 0 bridgehead atoms. The molecule has 11 heteroatoms. The van der Waals surface area contributed by atoms with Crippen LogP contribution >= 0.6 is 0 Å². The van der Waals surface area contributed by atoms with Crippen LogP contribution in [-0.4, -0.2) is 39.8 Å². The molecule has 3 rings (SSSR count). The van der Waals surface area contributed by atoms with Crippen LogP contribution in [-0.2, 0) is 17.1 Å². The van der Waals surface area contributed by atoms with Crippen LogP contribution in [0.1, 0.15) is 17.3 Å². The third-order valence-corrected chi connectivity index (χ3v) is 5.22. The molecule has 3 aromatic rings. The highest BCUT2D eigenvalue weighted by atomic mass is 32.2. The molecule has 0 aliphatic heterocycles. The molecule has 1 amide bonds. The van der Waals surface area contributed by atoms with E-state index in [0.29, 0.717) is 22.8 Å². The van der Waals surface area contributed by atoms with Gasteiger partial charge in [-0.2, -0.15) is 5.10 Å². The number of aromatic nitrogens is 4. The van der Waals surface area contributed by atoms with E-state index in [1.165, 1.54) is 23.3 Å². The van der Waals surface area contributed by atoms with E-state index in [-0.39, 0.29) is 17.1 Å². The molecule has 0 aliphatic rings. The molecule has 0 spiro atoms. The van der Waals surface area contributed by atoms with E-state index >= 15 is 0 Å². The lowest BCUT2D eigenvalue weighted by atomic mass is 10.1. The average molecular weight is 401 g/mol. The summed E-state index contributed by atoms with van der Waals surface area (Å²) in [4.78, 5) is 20.2. The number of aryl methyl sites for hydroxylation is 1. The number of nitrogens with one attached hydrogen (secondary N) is 2. The SMILES string of the molecule is CCS(=O)(=O)Nc1ccc(-c2c(C(N)=O)c(Nc3cnccn3)nn2C)cc1. The third kappa shape index (κ3) is 4.09. The van der Waals surface area contributed by atoms with Gasteiger partial charge in [0, 0.05) is 30.7 Å². The van der Waals surface area contributed by atoms with E-state index in [9.17, 15) is 13.2 Å². The number of hydrogen-bond acceptors (Lipinski definition) is 7. The molecule has 1 aromatic carbocycles. The zero-order valence-corrected chi connectivity index (χ0v) is 16.1. The maximum Gasteiger partial charge on any atom is 0.254 e. The number of nitrogens with two attached hydrogens (primary N) is 1. The smallest absolute Gasteiger partial charge is 0.254 e. The molecule has 0 saturated carbocycles. The van der Waals surface area contributed by atoms with Crippen LogP contribution in [0.3, 0.4) is 0 Å². The van der Waals surface area contributed by atoms with Crippen molar-refractivity contribution < 1.29 is 13.2 Å². The number of rotatable bonds is 7. The fourth-order valence-corrected chi connectivity index (χ4v) is 3.25. The van der Waals surface area contributed by atoms with Gasteiger partial charge in [0.1, 0.15) is 11.4 Å². The lowest BCUT2D eigenvalue weighted by Gasteiger charge is -2.08. The van der Waals surface area contributed by atoms with E-state index in [4.69, 9.17) is 5.73 Å². The number of carbonyl (C=O) groups excluding carboxylic acids is 1. The molecule has 0 atom stereocenters. The van der Waals surface area contributed by atoms with Crippen molar-refractivity contribution in [3.05, 3.63) is 48.4 Å². The third-order valence-electron chi connectivity index (χ3n) is 3.91. The highest BCUT2D eigenvalue weighted by Gasteiger charge is 2.22. The van der Waals surface area contributed by atoms with Crippen molar-refractivity contribution in [3.8, 4) is 11.3 Å². The summed E-state index contributed by atoms with van der Waals surface area (Å²) in [6.45, 7) is 1.55. The zero-order chi connectivity index (χ0) is 20.3. The highest BCUT2D eigenvalue weighted by Crippen LogP contribution is 2.30. The van der Waals surface area contributed by atoms with E-state index < -0.39 is 15.9 Å². The fraction of sp³-hybridized carbons (Fsp3) is 0.176. The Morgan fingerprint density at radius 3 is 2.50 bits per heavy atom. The standard InChI is InChI=1S/C17H19N7O3S/c1-3-28(26,27)23-12-6-4-11(5-7-12)15-14(16(18)25)17(22-24(15)2)21-13-10-19-8-9-20-13/h4-10,23H,3H2,1-2H3,(H2,18,25)(H,20,21,22). The molecule has 0 saturated heterocycles. The van der Waals surface area contributed by atoms with Crippen LogP contribution in [0.2, 0.25) is 0 Å². The number of hydrogen-bond donors (Lipinski definition) is 3. The van der Waals surface area contributed by atoms with Crippen molar-refractivity contribution >= 4 is 33.3 Å². The van der Waals surface area contributed by atoms with Crippen molar-refractivity contribution in [1.29, 1.82) is 0 Å². The van der Waals surface area contributed by atoms with Gasteiger partial charge in [-0.3, -0.25) is 19.2 Å². The molecule has 0 aliphatic carbocycles. The minimum atomic E-state index is -3.37. The van der Waals surface area contributed by atoms with Gasteiger partial charge >= 0.3 is 0 Å². The van der Waals surface area contributed by atoms with E-state index in [2.05, 4.69) is 25.1 Å². The van der Waals surface area contributed by atoms with Crippen LogP contribution in [0.25, 0.3) is 11.3 Å². The topological polar surface area (TPSA) is 145 Å². The Kier molecular flexibility index (Phi) is 5.27. The molecule has 146 valence electrons. The number of nitrogens with zero attached hydrogens (tertiary/aromatic N) is 4. The van der Waals surface area contributed by atoms with Crippen LogP contribution in [0.4, 0.5) is 17.3 Å². The summed E-state index contributed by atoms with van der Waals surface area (Å²) in [5, 5.41) is 7.26. The van der Waals surface area contributed by atoms with Crippen molar-refractivity contribution in [2.75, 3.05) is 15.8 Å². The van der Waals surface area contributed by atoms with Crippen LogP contribution in [0.5, 0.6) is 0 Å². The molecule has 0 unspecified atom stereocenters. The number of sulfonamides is 1. The monoisotopic (exact) mass is 401 g/mol. The Hall–Kier alpha value is -3.47. The van der Waals surface area contributed by atoms with Gasteiger partial charge in [-0.25, -0.2) is 13.4 Å². The van der Waals surface area contributed by atoms with E-state index in [1.807, 2.05) is 0 Å². The van der Waals surface area contributed by atoms with Gasteiger partial charge in [0.15, 0.2) is 5.82 Å². The minimum absolute atomic E-state index is 0.0281. The Bertz CT molecular complexity index is 1090. The normalized spacial score (nSPS) is 11.2. The molecular formula is C17H19N7O3S. The predicted octanol–water partition coefficient (Wildman–Crippen LogP) is 1.48. The van der Waals surface area contributed by atoms with Crippen molar-refractivity contribution in [2.45, 2.75) is 6.92 Å². The first-order valence-corrected chi connectivity index (χ1v) is 9.96. The van der Waals surface area contributed by atoms with Crippen molar-refractivity contribution in [3.63, 3.8) is 0 Å². The molecule has 28 heavy (non-hydrogen) atoms. The van der Waals surface area contributed by atoms with Crippen molar-refractivity contribution in [2.24, 2.45) is 12.8 Å². The largest absolute Gasteiger partial charge is 0.365 e. The summed E-state index contributed by atoms with van der Waals surface area (Å²) in [5.74, 6) is -0.0230. The molecule has 0 fully saturated rings. The van der Waals surface area contributed by atoms with Crippen LogP contribution in [0.15, 0.2) is 42.9 Å². The van der Waals surface area contributed by atoms with Gasteiger partial charge in [-0.1, -0.05) is 12.1 Å². The molecular weight excluding hydrogens is 382 g/mol. The molecule has 2 aromatic heterocycles. The van der Waals surface area contributed by atoms with Gasteiger partial charge in [0.05, 0.1) is 17.6 Å². The Morgan fingerprint density at radius 1 is 1.21 bits per heavy atom. The molecule has 10 nitrogen and oxygen atoms in total. The van der Waals surface area contributed by atoms with Gasteiger partial charge in [0.2, 0.25) is 10.0 Å². The highest BCUT2D eigenvalue weighted by molar-refractivity contribution is 7.92. The van der Waals surface area contributed by atoms with Gasteiger partial charge in [-0.05, 0) is 19.1 Å². The second-order valence-electron chi connectivity index (χ2n) is 5.86. The minimum Gasteiger partial charge on any atom is -0.365 e. The Morgan fingerprint density at radius 2 is 1.93 bits per heavy atom. The second kappa shape index (κ2) is 7.64. The number of anilines is 3. The molecule has 4 N–H and O–H groups in total. The van der Waals surface area contributed by atoms with Crippen LogP contribution < -0.4 is 15.8 Å². The lowest BCUT2D eigenvalue weighted by Crippen LogP contribution is -2.15. The summed E-state index contributed by atoms with van der Waals surface area (Å²) in [6.07, 6.45) is 4.53. The Labute approximate surface area is 161 Å². The van der Waals surface area contributed by atoms with E-state index in [0.717, 1.165) is 0 Å². The average Bonchev–Trinajstić information content (AvgIpc) is 2.99. The first kappa shape index (κ1) is 19.3. The number of benzene rings is 1. The number of amides is 1. The first-order valence-electron chi connectivity index (χ1n) is 8.31. The molecule has 2 heterocycles. The maximum absolute atomic E-state index is 12.1. The quantitative estimate of drug-likeness (QED) is 0.543. The number of carbonyl (C=O) groups is 1. The zero-order valence-electron chi connectivity index (χ0n) is 15.2. The van der Waals surface area contributed by atoms with Gasteiger partial charge in [-0.15, -0.1) is 0 Å². The van der Waals surface area contributed by atoms with Gasteiger partial charge in [0.25, 0.3) is 5.91 Å². The summed E-state index contributed by atoms with van der Waals surface area (Å²) in [7, 11) is -1.70. The summed E-state index contributed by atoms with van der Waals surface area (Å²) in [6, 6.07) is 6.58. The first-order chi connectivity index (χ1) is 13.3. The second-order valence-corrected chi connectivity index (χ2v) is 7.87. The number of primary amides is 1. The Balaban J connectivity index is 1.99. The summed E-state index contributed by atoms with van der Waals surface area (Å²) < 4.78 is 27.4.